The van der Waals surface area contributed by atoms with Crippen molar-refractivity contribution in [1.82, 2.24) is 4.98 Å². The summed E-state index contributed by atoms with van der Waals surface area (Å²) in [5.74, 6) is 0.950. The first-order valence-electron chi connectivity index (χ1n) is 5.37. The van der Waals surface area contributed by atoms with E-state index >= 15 is 0 Å². The average Bonchev–Trinajstić information content (AvgIpc) is 2.72. The maximum absolute atomic E-state index is 5.90. The minimum Gasteiger partial charge on any atom is -0.347 e. The number of hydrogen-bond acceptors (Lipinski definition) is 2. The van der Waals surface area contributed by atoms with Crippen molar-refractivity contribution < 1.29 is 0 Å². The van der Waals surface area contributed by atoms with Crippen molar-refractivity contribution >= 4 is 33.3 Å². The molecule has 0 aliphatic carbocycles. The Kier molecular flexibility index (Phi) is 2.81. The van der Waals surface area contributed by atoms with E-state index in [1.165, 1.54) is 11.1 Å². The lowest BCUT2D eigenvalue weighted by Crippen LogP contribution is -2.16. The molecule has 2 aromatic rings. The number of nitrogens with zero attached hydrogens (tertiary/aromatic N) is 2. The van der Waals surface area contributed by atoms with Gasteiger partial charge in [0.1, 0.15) is 5.82 Å². The van der Waals surface area contributed by atoms with Crippen LogP contribution in [-0.2, 0) is 13.1 Å². The molecule has 0 saturated carbocycles. The standard InChI is InChI=1S/C13H10BrClN2/c14-12-5-11(15)6-16-13(12)17-7-9-3-1-2-4-10(9)8-17/h1-6H,7-8H2. The van der Waals surface area contributed by atoms with Gasteiger partial charge in [0.15, 0.2) is 0 Å². The van der Waals surface area contributed by atoms with Gasteiger partial charge in [-0.1, -0.05) is 35.9 Å². The van der Waals surface area contributed by atoms with Crippen LogP contribution in [0, 0.1) is 0 Å². The Morgan fingerprint density at radius 2 is 1.82 bits per heavy atom. The fraction of sp³-hybridized carbons (Fsp3) is 0.154. The number of rotatable bonds is 1. The molecule has 2 heterocycles. The van der Waals surface area contributed by atoms with Crippen molar-refractivity contribution in [2.45, 2.75) is 13.1 Å². The fourth-order valence-corrected chi connectivity index (χ4v) is 3.01. The van der Waals surface area contributed by atoms with Gasteiger partial charge in [0.25, 0.3) is 0 Å². The predicted molar refractivity (Wildman–Crippen MR) is 73.3 cm³/mol. The number of benzene rings is 1. The summed E-state index contributed by atoms with van der Waals surface area (Å²) >= 11 is 9.42. The summed E-state index contributed by atoms with van der Waals surface area (Å²) < 4.78 is 0.942. The number of hydrogen-bond donors (Lipinski definition) is 0. The molecule has 3 rings (SSSR count). The highest BCUT2D eigenvalue weighted by molar-refractivity contribution is 9.10. The Hall–Kier alpha value is -1.06. The SMILES string of the molecule is Clc1cnc(N2Cc3ccccc3C2)c(Br)c1. The Balaban J connectivity index is 1.94. The monoisotopic (exact) mass is 308 g/mol. The summed E-state index contributed by atoms with van der Waals surface area (Å²) in [4.78, 5) is 6.63. The van der Waals surface area contributed by atoms with E-state index in [9.17, 15) is 0 Å². The molecule has 2 nitrogen and oxygen atoms in total. The first kappa shape index (κ1) is 11.1. The van der Waals surface area contributed by atoms with Gasteiger partial charge in [0.2, 0.25) is 0 Å². The first-order valence-corrected chi connectivity index (χ1v) is 6.54. The normalized spacial score (nSPS) is 13.9. The smallest absolute Gasteiger partial charge is 0.143 e. The molecule has 4 heteroatoms. The highest BCUT2D eigenvalue weighted by Crippen LogP contribution is 2.32. The highest BCUT2D eigenvalue weighted by Gasteiger charge is 2.21. The minimum absolute atomic E-state index is 0.650. The van der Waals surface area contributed by atoms with Gasteiger partial charge in [-0.3, -0.25) is 0 Å². The van der Waals surface area contributed by atoms with E-state index in [0.717, 1.165) is 23.4 Å². The second-order valence-electron chi connectivity index (χ2n) is 4.08. The third kappa shape index (κ3) is 2.05. The Bertz CT molecular complexity index is 546. The first-order chi connectivity index (χ1) is 8.24. The number of halogens is 2. The van der Waals surface area contributed by atoms with Gasteiger partial charge in [-0.25, -0.2) is 4.98 Å². The molecule has 0 amide bonds. The molecular weight excluding hydrogens is 300 g/mol. The molecule has 1 aromatic carbocycles. The van der Waals surface area contributed by atoms with Crippen molar-refractivity contribution in [2.75, 3.05) is 4.90 Å². The van der Waals surface area contributed by atoms with Gasteiger partial charge in [0, 0.05) is 19.3 Å². The molecule has 17 heavy (non-hydrogen) atoms. The van der Waals surface area contributed by atoms with Crippen molar-refractivity contribution in [3.8, 4) is 0 Å². The summed E-state index contributed by atoms with van der Waals surface area (Å²) in [6.07, 6.45) is 1.69. The predicted octanol–water partition coefficient (Wildman–Crippen LogP) is 4.02. The number of anilines is 1. The molecular formula is C13H10BrClN2. The van der Waals surface area contributed by atoms with Gasteiger partial charge < -0.3 is 4.90 Å². The maximum atomic E-state index is 5.90. The molecule has 86 valence electrons. The van der Waals surface area contributed by atoms with Crippen LogP contribution in [0.25, 0.3) is 0 Å². The molecule has 1 aliphatic heterocycles. The quantitative estimate of drug-likeness (QED) is 0.791. The maximum Gasteiger partial charge on any atom is 0.143 e. The second kappa shape index (κ2) is 4.31. The summed E-state index contributed by atoms with van der Waals surface area (Å²) in [5, 5.41) is 0.650. The zero-order chi connectivity index (χ0) is 11.8. The topological polar surface area (TPSA) is 16.1 Å². The van der Waals surface area contributed by atoms with Crippen LogP contribution in [-0.4, -0.2) is 4.98 Å². The molecule has 1 aliphatic rings. The van der Waals surface area contributed by atoms with Crippen LogP contribution in [0.3, 0.4) is 0 Å². The van der Waals surface area contributed by atoms with Crippen molar-refractivity contribution in [1.29, 1.82) is 0 Å². The average molecular weight is 310 g/mol. The zero-order valence-electron chi connectivity index (χ0n) is 9.03. The lowest BCUT2D eigenvalue weighted by molar-refractivity contribution is 0.853. The molecule has 0 radical (unpaired) electrons. The Morgan fingerprint density at radius 3 is 2.41 bits per heavy atom. The molecule has 0 saturated heterocycles. The van der Waals surface area contributed by atoms with Crippen molar-refractivity contribution in [2.24, 2.45) is 0 Å². The van der Waals surface area contributed by atoms with E-state index in [1.54, 1.807) is 6.20 Å². The van der Waals surface area contributed by atoms with Crippen LogP contribution in [0.1, 0.15) is 11.1 Å². The molecule has 0 fully saturated rings. The van der Waals surface area contributed by atoms with E-state index in [4.69, 9.17) is 11.6 Å². The van der Waals surface area contributed by atoms with E-state index in [0.29, 0.717) is 5.02 Å². The highest BCUT2D eigenvalue weighted by atomic mass is 79.9. The summed E-state index contributed by atoms with van der Waals surface area (Å²) in [6, 6.07) is 10.4. The third-order valence-electron chi connectivity index (χ3n) is 2.93. The van der Waals surface area contributed by atoms with Crippen LogP contribution in [0.2, 0.25) is 5.02 Å². The fourth-order valence-electron chi connectivity index (χ4n) is 2.12. The van der Waals surface area contributed by atoms with Crippen molar-refractivity contribution in [3.63, 3.8) is 0 Å². The van der Waals surface area contributed by atoms with Gasteiger partial charge >= 0.3 is 0 Å². The summed E-state index contributed by atoms with van der Waals surface area (Å²) in [6.45, 7) is 1.81. The van der Waals surface area contributed by atoms with Crippen LogP contribution in [0.15, 0.2) is 41.0 Å². The minimum atomic E-state index is 0.650. The molecule has 0 bridgehead atoms. The van der Waals surface area contributed by atoms with Gasteiger partial charge in [0.05, 0.1) is 9.50 Å². The van der Waals surface area contributed by atoms with Crippen molar-refractivity contribution in [3.05, 3.63) is 57.2 Å². The van der Waals surface area contributed by atoms with E-state index in [-0.39, 0.29) is 0 Å². The second-order valence-corrected chi connectivity index (χ2v) is 5.37. The largest absolute Gasteiger partial charge is 0.347 e. The Morgan fingerprint density at radius 1 is 1.18 bits per heavy atom. The van der Waals surface area contributed by atoms with Crippen LogP contribution >= 0.6 is 27.5 Å². The lowest BCUT2D eigenvalue weighted by atomic mass is 10.1. The zero-order valence-corrected chi connectivity index (χ0v) is 11.4. The Labute approximate surface area is 113 Å². The molecule has 0 N–H and O–H groups in total. The van der Waals surface area contributed by atoms with Gasteiger partial charge in [-0.05, 0) is 33.1 Å². The van der Waals surface area contributed by atoms with Crippen LogP contribution in [0.5, 0.6) is 0 Å². The van der Waals surface area contributed by atoms with Gasteiger partial charge in [-0.2, -0.15) is 0 Å². The van der Waals surface area contributed by atoms with Gasteiger partial charge in [-0.15, -0.1) is 0 Å². The van der Waals surface area contributed by atoms with Crippen LogP contribution in [0.4, 0.5) is 5.82 Å². The molecule has 0 atom stereocenters. The van der Waals surface area contributed by atoms with E-state index < -0.39 is 0 Å². The van der Waals surface area contributed by atoms with Crippen LogP contribution < -0.4 is 4.90 Å². The molecule has 0 unspecified atom stereocenters. The number of fused-ring (bicyclic) bond motifs is 1. The van der Waals surface area contributed by atoms with E-state index in [1.807, 2.05) is 6.07 Å². The summed E-state index contributed by atoms with van der Waals surface area (Å²) in [5.41, 5.74) is 2.74. The number of pyridine rings is 1. The van der Waals surface area contributed by atoms with E-state index in [2.05, 4.69) is 50.1 Å². The molecule has 0 spiro atoms. The number of aromatic nitrogens is 1. The lowest BCUT2D eigenvalue weighted by Gasteiger charge is -2.17. The summed E-state index contributed by atoms with van der Waals surface area (Å²) in [7, 11) is 0. The molecule has 1 aromatic heterocycles. The third-order valence-corrected chi connectivity index (χ3v) is 3.72.